The van der Waals surface area contributed by atoms with Gasteiger partial charge in [-0.3, -0.25) is 4.79 Å². The summed E-state index contributed by atoms with van der Waals surface area (Å²) in [5, 5.41) is 0. The molecule has 0 fully saturated rings. The summed E-state index contributed by atoms with van der Waals surface area (Å²) in [5.41, 5.74) is 0. The Labute approximate surface area is 152 Å². The maximum Gasteiger partial charge on any atom is 0.751 e. The van der Waals surface area contributed by atoms with Crippen molar-refractivity contribution in [1.82, 2.24) is 0 Å². The first-order valence-electron chi connectivity index (χ1n) is 8.57. The lowest BCUT2D eigenvalue weighted by Crippen LogP contribution is -2.50. The van der Waals surface area contributed by atoms with E-state index in [1.807, 2.05) is 6.92 Å². The van der Waals surface area contributed by atoms with Crippen molar-refractivity contribution in [3.8, 4) is 0 Å². The minimum Gasteiger partial charge on any atom is -0.450 e. The van der Waals surface area contributed by atoms with E-state index < -0.39 is 15.0 Å². The van der Waals surface area contributed by atoms with Crippen molar-refractivity contribution in [2.75, 3.05) is 54.4 Å². The van der Waals surface area contributed by atoms with Crippen molar-refractivity contribution in [2.45, 2.75) is 39.7 Å². The smallest absolute Gasteiger partial charge is 0.450 e. The average Bonchev–Trinajstić information content (AvgIpc) is 2.59. The Morgan fingerprint density at radius 3 is 2.28 bits per heavy atom. The Balaban J connectivity index is 4.13. The maximum atomic E-state index is 11.6. The standard InChI is InChI=1S/C16H34O8Si/c1-7-9-21-11-14(2)8-10-22-15(3)12-23-25(19-5,20-6)24-16(17)13-18-4/h14-15H,7-13H2,1-6H3. The lowest BCUT2D eigenvalue weighted by Gasteiger charge is -2.25. The molecule has 0 aromatic heterocycles. The largest absolute Gasteiger partial charge is 0.751 e. The SMILES string of the molecule is CCCOCC(C)CCOC(C)CO[Si](OC)(OC)OC(=O)COC. The molecule has 8 nitrogen and oxygen atoms in total. The van der Waals surface area contributed by atoms with Crippen molar-refractivity contribution in [3.63, 3.8) is 0 Å². The number of ether oxygens (including phenoxy) is 3. The molecule has 9 heteroatoms. The number of carbonyl (C=O) groups is 1. The molecule has 0 amide bonds. The molecule has 0 rings (SSSR count). The molecule has 0 aliphatic heterocycles. The maximum absolute atomic E-state index is 11.6. The molecule has 2 atom stereocenters. The van der Waals surface area contributed by atoms with Crippen LogP contribution in [0.2, 0.25) is 0 Å². The van der Waals surface area contributed by atoms with Crippen LogP contribution in [0, 0.1) is 5.92 Å². The van der Waals surface area contributed by atoms with Crippen LogP contribution in [0.3, 0.4) is 0 Å². The van der Waals surface area contributed by atoms with Crippen molar-refractivity contribution < 1.29 is 36.7 Å². The highest BCUT2D eigenvalue weighted by Gasteiger charge is 2.48. The zero-order valence-corrected chi connectivity index (χ0v) is 17.4. The third kappa shape index (κ3) is 11.6. The lowest BCUT2D eigenvalue weighted by atomic mass is 10.1. The van der Waals surface area contributed by atoms with E-state index in [2.05, 4.69) is 13.8 Å². The fourth-order valence-electron chi connectivity index (χ4n) is 1.85. The summed E-state index contributed by atoms with van der Waals surface area (Å²) in [5.74, 6) is -0.173. The van der Waals surface area contributed by atoms with E-state index in [1.165, 1.54) is 21.3 Å². The quantitative estimate of drug-likeness (QED) is 0.295. The van der Waals surface area contributed by atoms with Crippen molar-refractivity contribution in [3.05, 3.63) is 0 Å². The number of hydrogen-bond acceptors (Lipinski definition) is 8. The molecule has 0 saturated carbocycles. The Hall–Kier alpha value is -0.553. The van der Waals surface area contributed by atoms with E-state index in [1.54, 1.807) is 0 Å². The summed E-state index contributed by atoms with van der Waals surface area (Å²) in [6.07, 6.45) is 1.73. The summed E-state index contributed by atoms with van der Waals surface area (Å²) >= 11 is 0. The molecule has 0 saturated heterocycles. The van der Waals surface area contributed by atoms with Crippen LogP contribution >= 0.6 is 0 Å². The first-order chi connectivity index (χ1) is 11.9. The van der Waals surface area contributed by atoms with Crippen LogP contribution < -0.4 is 0 Å². The predicted octanol–water partition coefficient (Wildman–Crippen LogP) is 1.78. The number of carbonyl (C=O) groups excluding carboxylic acids is 1. The zero-order chi connectivity index (χ0) is 19.1. The van der Waals surface area contributed by atoms with E-state index in [0.29, 0.717) is 12.5 Å². The first-order valence-corrected chi connectivity index (χ1v) is 10.2. The normalized spacial score (nSPS) is 14.3. The summed E-state index contributed by atoms with van der Waals surface area (Å²) in [6, 6.07) is 0. The molecule has 0 aromatic rings. The molecule has 0 heterocycles. The molecule has 0 aromatic carbocycles. The second kappa shape index (κ2) is 14.6. The molecule has 0 bridgehead atoms. The summed E-state index contributed by atoms with van der Waals surface area (Å²) in [6.45, 7) is 8.20. The molecule has 0 aliphatic carbocycles. The average molecular weight is 383 g/mol. The van der Waals surface area contributed by atoms with Gasteiger partial charge in [-0.1, -0.05) is 13.8 Å². The summed E-state index contributed by atoms with van der Waals surface area (Å²) in [7, 11) is 0.628. The molecule has 0 spiro atoms. The van der Waals surface area contributed by atoms with Crippen LogP contribution in [-0.4, -0.2) is 75.5 Å². The third-order valence-electron chi connectivity index (χ3n) is 3.26. The van der Waals surface area contributed by atoms with E-state index >= 15 is 0 Å². The molecular weight excluding hydrogens is 348 g/mol. The van der Waals surface area contributed by atoms with Crippen LogP contribution in [-0.2, 0) is 36.7 Å². The van der Waals surface area contributed by atoms with Crippen molar-refractivity contribution >= 4 is 15.0 Å². The van der Waals surface area contributed by atoms with Gasteiger partial charge in [0.1, 0.15) is 6.61 Å². The second-order valence-corrected chi connectivity index (χ2v) is 8.09. The fraction of sp³-hybridized carbons (Fsp3) is 0.938. The number of rotatable bonds is 16. The van der Waals surface area contributed by atoms with Gasteiger partial charge in [0, 0.05) is 41.2 Å². The van der Waals surface area contributed by atoms with E-state index in [4.69, 9.17) is 31.9 Å². The fourth-order valence-corrected chi connectivity index (χ4v) is 3.26. The van der Waals surface area contributed by atoms with Gasteiger partial charge in [-0.25, -0.2) is 0 Å². The van der Waals surface area contributed by atoms with E-state index in [9.17, 15) is 4.79 Å². The first kappa shape index (κ1) is 24.4. The Morgan fingerprint density at radius 2 is 1.72 bits per heavy atom. The zero-order valence-electron chi connectivity index (χ0n) is 16.4. The van der Waals surface area contributed by atoms with Crippen LogP contribution in [0.15, 0.2) is 0 Å². The Morgan fingerprint density at radius 1 is 1.04 bits per heavy atom. The number of methoxy groups -OCH3 is 1. The molecule has 150 valence electrons. The van der Waals surface area contributed by atoms with Crippen LogP contribution in [0.1, 0.15) is 33.6 Å². The molecule has 0 radical (unpaired) electrons. The van der Waals surface area contributed by atoms with Gasteiger partial charge in [0.25, 0.3) is 0 Å². The minimum atomic E-state index is -3.52. The van der Waals surface area contributed by atoms with Crippen LogP contribution in [0.4, 0.5) is 0 Å². The predicted molar refractivity (Wildman–Crippen MR) is 94.0 cm³/mol. The van der Waals surface area contributed by atoms with Gasteiger partial charge in [0.2, 0.25) is 0 Å². The highest BCUT2D eigenvalue weighted by molar-refractivity contribution is 6.55. The molecule has 25 heavy (non-hydrogen) atoms. The van der Waals surface area contributed by atoms with Gasteiger partial charge in [-0.05, 0) is 25.7 Å². The third-order valence-corrected chi connectivity index (χ3v) is 5.26. The van der Waals surface area contributed by atoms with Crippen LogP contribution in [0.25, 0.3) is 0 Å². The van der Waals surface area contributed by atoms with Gasteiger partial charge in [-0.15, -0.1) is 0 Å². The van der Waals surface area contributed by atoms with Gasteiger partial charge < -0.3 is 31.9 Å². The topological polar surface area (TPSA) is 81.7 Å². The van der Waals surface area contributed by atoms with Crippen molar-refractivity contribution in [1.29, 1.82) is 0 Å². The molecule has 2 unspecified atom stereocenters. The lowest BCUT2D eigenvalue weighted by molar-refractivity contribution is -0.148. The van der Waals surface area contributed by atoms with Gasteiger partial charge in [0.05, 0.1) is 12.7 Å². The van der Waals surface area contributed by atoms with Crippen LogP contribution in [0.5, 0.6) is 0 Å². The second-order valence-electron chi connectivity index (χ2n) is 5.78. The highest BCUT2D eigenvalue weighted by Crippen LogP contribution is 2.12. The van der Waals surface area contributed by atoms with Gasteiger partial charge >= 0.3 is 15.0 Å². The molecular formula is C16H34O8Si. The summed E-state index contributed by atoms with van der Waals surface area (Å²) in [4.78, 5) is 11.6. The van der Waals surface area contributed by atoms with Crippen molar-refractivity contribution in [2.24, 2.45) is 5.92 Å². The monoisotopic (exact) mass is 382 g/mol. The van der Waals surface area contributed by atoms with E-state index in [0.717, 1.165) is 26.1 Å². The summed E-state index contributed by atoms with van der Waals surface area (Å²) < 4.78 is 37.1. The Bertz CT molecular complexity index is 338. The minimum absolute atomic E-state index is 0.189. The molecule has 0 N–H and O–H groups in total. The van der Waals surface area contributed by atoms with Gasteiger partial charge in [0.15, 0.2) is 0 Å². The Kier molecular flexibility index (Phi) is 14.3. The van der Waals surface area contributed by atoms with E-state index in [-0.39, 0.29) is 19.3 Å². The number of hydrogen-bond donors (Lipinski definition) is 0. The highest BCUT2D eigenvalue weighted by atomic mass is 28.4. The molecule has 0 aliphatic rings. The van der Waals surface area contributed by atoms with Gasteiger partial charge in [-0.2, -0.15) is 0 Å².